The first-order valence-corrected chi connectivity index (χ1v) is 5.87. The summed E-state index contributed by atoms with van der Waals surface area (Å²) in [6.07, 6.45) is 7.73. The summed E-state index contributed by atoms with van der Waals surface area (Å²) in [7, 11) is 0. The number of rotatable bonds is 2. The van der Waals surface area contributed by atoms with Crippen LogP contribution in [0.4, 0.5) is 10.1 Å². The molecule has 15 heavy (non-hydrogen) atoms. The summed E-state index contributed by atoms with van der Waals surface area (Å²) in [4.78, 5) is 0. The maximum absolute atomic E-state index is 13.0. The zero-order chi connectivity index (χ0) is 10.5. The summed E-state index contributed by atoms with van der Waals surface area (Å²) in [6.45, 7) is 0. The number of halogens is 1. The average Bonchev–Trinajstić information content (AvgIpc) is 2.46. The second kappa shape index (κ2) is 5.15. The summed E-state index contributed by atoms with van der Waals surface area (Å²) in [5.74, 6) is -0.159. The number of nitrogens with one attached hydrogen (secondary N) is 1. The normalized spacial score (nSPS) is 18.5. The van der Waals surface area contributed by atoms with Crippen LogP contribution in [-0.2, 0) is 0 Å². The number of anilines is 1. The molecule has 0 spiro atoms. The van der Waals surface area contributed by atoms with Gasteiger partial charge in [-0.05, 0) is 31.0 Å². The van der Waals surface area contributed by atoms with Gasteiger partial charge in [0.25, 0.3) is 0 Å². The van der Waals surface area contributed by atoms with Crippen LogP contribution in [0.2, 0.25) is 0 Å². The van der Waals surface area contributed by atoms with Gasteiger partial charge >= 0.3 is 0 Å². The van der Waals surface area contributed by atoms with E-state index in [1.807, 2.05) is 6.07 Å². The highest BCUT2D eigenvalue weighted by atomic mass is 19.1. The van der Waals surface area contributed by atoms with E-state index < -0.39 is 0 Å². The van der Waals surface area contributed by atoms with Crippen LogP contribution in [0.3, 0.4) is 0 Å². The highest BCUT2D eigenvalue weighted by Gasteiger charge is 2.11. The van der Waals surface area contributed by atoms with Gasteiger partial charge in [0.15, 0.2) is 0 Å². The van der Waals surface area contributed by atoms with Crippen molar-refractivity contribution in [2.45, 2.75) is 44.6 Å². The van der Waals surface area contributed by atoms with Crippen molar-refractivity contribution in [1.29, 1.82) is 0 Å². The molecule has 1 saturated carbocycles. The molecule has 1 aliphatic carbocycles. The lowest BCUT2D eigenvalue weighted by Crippen LogP contribution is -2.18. The minimum Gasteiger partial charge on any atom is -0.382 e. The summed E-state index contributed by atoms with van der Waals surface area (Å²) in [5, 5.41) is 3.42. The molecular formula is C13H18FN. The number of benzene rings is 1. The molecule has 1 aromatic carbocycles. The number of hydrogen-bond donors (Lipinski definition) is 1. The van der Waals surface area contributed by atoms with E-state index in [2.05, 4.69) is 5.32 Å². The Kier molecular flexibility index (Phi) is 3.59. The maximum Gasteiger partial charge on any atom is 0.125 e. The molecule has 0 radical (unpaired) electrons. The van der Waals surface area contributed by atoms with E-state index >= 15 is 0 Å². The van der Waals surface area contributed by atoms with Gasteiger partial charge in [-0.25, -0.2) is 4.39 Å². The molecule has 1 N–H and O–H groups in total. The van der Waals surface area contributed by atoms with Crippen molar-refractivity contribution in [3.8, 4) is 0 Å². The molecule has 1 fully saturated rings. The van der Waals surface area contributed by atoms with Crippen molar-refractivity contribution in [2.75, 3.05) is 5.32 Å². The topological polar surface area (TPSA) is 12.0 Å². The van der Waals surface area contributed by atoms with Crippen LogP contribution < -0.4 is 5.32 Å². The fourth-order valence-electron chi connectivity index (χ4n) is 2.24. The Bertz CT molecular complexity index is 303. The molecule has 0 bridgehead atoms. The third-order valence-electron chi connectivity index (χ3n) is 3.05. The van der Waals surface area contributed by atoms with Gasteiger partial charge in [-0.1, -0.05) is 31.7 Å². The zero-order valence-corrected chi connectivity index (χ0v) is 9.01. The van der Waals surface area contributed by atoms with E-state index in [0.717, 1.165) is 5.69 Å². The Balaban J connectivity index is 1.95. The molecule has 2 heteroatoms. The Labute approximate surface area is 90.7 Å². The van der Waals surface area contributed by atoms with Crippen molar-refractivity contribution in [3.63, 3.8) is 0 Å². The van der Waals surface area contributed by atoms with Crippen molar-refractivity contribution in [1.82, 2.24) is 0 Å². The van der Waals surface area contributed by atoms with E-state index in [1.165, 1.54) is 44.6 Å². The predicted octanol–water partition coefficient (Wildman–Crippen LogP) is 3.96. The van der Waals surface area contributed by atoms with Gasteiger partial charge in [0.05, 0.1) is 0 Å². The summed E-state index contributed by atoms with van der Waals surface area (Å²) < 4.78 is 13.0. The quantitative estimate of drug-likeness (QED) is 0.724. The van der Waals surface area contributed by atoms with Gasteiger partial charge in [0, 0.05) is 11.7 Å². The summed E-state index contributed by atoms with van der Waals surface area (Å²) in [5.41, 5.74) is 0.918. The van der Waals surface area contributed by atoms with Crippen LogP contribution in [0, 0.1) is 5.82 Å². The lowest BCUT2D eigenvalue weighted by Gasteiger charge is -2.17. The fourth-order valence-corrected chi connectivity index (χ4v) is 2.24. The van der Waals surface area contributed by atoms with Gasteiger partial charge < -0.3 is 5.32 Å². The minimum absolute atomic E-state index is 0.159. The van der Waals surface area contributed by atoms with E-state index in [0.29, 0.717) is 6.04 Å². The van der Waals surface area contributed by atoms with Crippen LogP contribution >= 0.6 is 0 Å². The lowest BCUT2D eigenvalue weighted by molar-refractivity contribution is 0.613. The third-order valence-corrected chi connectivity index (χ3v) is 3.05. The maximum atomic E-state index is 13.0. The lowest BCUT2D eigenvalue weighted by atomic mass is 10.1. The highest BCUT2D eigenvalue weighted by Crippen LogP contribution is 2.21. The van der Waals surface area contributed by atoms with Gasteiger partial charge in [0.1, 0.15) is 5.82 Å². The van der Waals surface area contributed by atoms with Crippen molar-refractivity contribution >= 4 is 5.69 Å². The van der Waals surface area contributed by atoms with Crippen LogP contribution in [0.1, 0.15) is 38.5 Å². The van der Waals surface area contributed by atoms with Crippen molar-refractivity contribution in [3.05, 3.63) is 30.1 Å². The van der Waals surface area contributed by atoms with E-state index in [1.54, 1.807) is 12.1 Å². The molecule has 1 aliphatic rings. The third kappa shape index (κ3) is 3.22. The molecule has 0 atom stereocenters. The molecule has 0 unspecified atom stereocenters. The second-order valence-corrected chi connectivity index (χ2v) is 4.34. The average molecular weight is 207 g/mol. The first-order chi connectivity index (χ1) is 7.34. The smallest absolute Gasteiger partial charge is 0.125 e. The van der Waals surface area contributed by atoms with Crippen LogP contribution in [-0.4, -0.2) is 6.04 Å². The first kappa shape index (κ1) is 10.5. The molecule has 0 saturated heterocycles. The Morgan fingerprint density at radius 2 is 1.80 bits per heavy atom. The Hall–Kier alpha value is -1.05. The monoisotopic (exact) mass is 207 g/mol. The molecule has 0 amide bonds. The van der Waals surface area contributed by atoms with E-state index in [-0.39, 0.29) is 5.82 Å². The van der Waals surface area contributed by atoms with E-state index in [9.17, 15) is 4.39 Å². The second-order valence-electron chi connectivity index (χ2n) is 4.34. The Morgan fingerprint density at radius 1 is 1.07 bits per heavy atom. The Morgan fingerprint density at radius 3 is 2.47 bits per heavy atom. The van der Waals surface area contributed by atoms with Gasteiger partial charge in [-0.3, -0.25) is 0 Å². The molecule has 1 nitrogen and oxygen atoms in total. The van der Waals surface area contributed by atoms with Crippen LogP contribution in [0.5, 0.6) is 0 Å². The van der Waals surface area contributed by atoms with Gasteiger partial charge in [-0.15, -0.1) is 0 Å². The fraction of sp³-hybridized carbons (Fsp3) is 0.538. The standard InChI is InChI=1S/C13H18FN/c14-11-6-5-9-13(10-11)15-12-7-3-1-2-4-8-12/h5-6,9-10,12,15H,1-4,7-8H2. The van der Waals surface area contributed by atoms with Crippen LogP contribution in [0.25, 0.3) is 0 Å². The van der Waals surface area contributed by atoms with Crippen molar-refractivity contribution in [2.24, 2.45) is 0 Å². The number of hydrogen-bond acceptors (Lipinski definition) is 1. The van der Waals surface area contributed by atoms with Gasteiger partial charge in [-0.2, -0.15) is 0 Å². The van der Waals surface area contributed by atoms with Crippen LogP contribution in [0.15, 0.2) is 24.3 Å². The molecule has 0 aliphatic heterocycles. The predicted molar refractivity (Wildman–Crippen MR) is 61.5 cm³/mol. The van der Waals surface area contributed by atoms with E-state index in [4.69, 9.17) is 0 Å². The minimum atomic E-state index is -0.159. The summed E-state index contributed by atoms with van der Waals surface area (Å²) in [6, 6.07) is 7.29. The zero-order valence-electron chi connectivity index (χ0n) is 9.01. The molecular weight excluding hydrogens is 189 g/mol. The molecule has 2 rings (SSSR count). The highest BCUT2D eigenvalue weighted by molar-refractivity contribution is 5.43. The summed E-state index contributed by atoms with van der Waals surface area (Å²) >= 11 is 0. The van der Waals surface area contributed by atoms with Gasteiger partial charge in [0.2, 0.25) is 0 Å². The van der Waals surface area contributed by atoms with Crippen molar-refractivity contribution < 1.29 is 4.39 Å². The molecule has 0 heterocycles. The molecule has 82 valence electrons. The molecule has 1 aromatic rings. The molecule has 0 aromatic heterocycles. The first-order valence-electron chi connectivity index (χ1n) is 5.87. The largest absolute Gasteiger partial charge is 0.382 e. The SMILES string of the molecule is Fc1cccc(NC2CCCCCC2)c1.